The van der Waals surface area contributed by atoms with E-state index in [4.69, 9.17) is 34.8 Å². The minimum absolute atomic E-state index is 0.126. The SMILES string of the molecule is CCN(CCCl)S(=O)(=O)c1ccc(Cl)c(F)c1Cl. The van der Waals surface area contributed by atoms with Crippen molar-refractivity contribution < 1.29 is 12.8 Å². The molecule has 0 amide bonds. The standard InChI is InChI=1S/C10H11Cl3FNO2S/c1-2-15(6-5-11)18(16,17)8-4-3-7(12)10(14)9(8)13/h3-4H,2,5-6H2,1H3. The van der Waals surface area contributed by atoms with E-state index < -0.39 is 20.9 Å². The van der Waals surface area contributed by atoms with Gasteiger partial charge in [-0.05, 0) is 12.1 Å². The number of benzene rings is 1. The molecule has 0 bridgehead atoms. The highest BCUT2D eigenvalue weighted by atomic mass is 35.5. The summed E-state index contributed by atoms with van der Waals surface area (Å²) in [6.45, 7) is 2.00. The zero-order valence-corrected chi connectivity index (χ0v) is 12.5. The summed E-state index contributed by atoms with van der Waals surface area (Å²) in [6.07, 6.45) is 0. The van der Waals surface area contributed by atoms with Crippen molar-refractivity contribution in [3.8, 4) is 0 Å². The molecule has 0 unspecified atom stereocenters. The second kappa shape index (κ2) is 6.39. The zero-order valence-electron chi connectivity index (χ0n) is 9.46. The van der Waals surface area contributed by atoms with E-state index >= 15 is 0 Å². The first-order valence-electron chi connectivity index (χ1n) is 5.05. The number of hydrogen-bond donors (Lipinski definition) is 0. The molecule has 1 aromatic carbocycles. The lowest BCUT2D eigenvalue weighted by Crippen LogP contribution is -2.32. The number of hydrogen-bond acceptors (Lipinski definition) is 2. The van der Waals surface area contributed by atoms with Gasteiger partial charge in [-0.25, -0.2) is 12.8 Å². The van der Waals surface area contributed by atoms with Crippen LogP contribution in [0.2, 0.25) is 10.0 Å². The van der Waals surface area contributed by atoms with Crippen LogP contribution in [-0.2, 0) is 10.0 Å². The van der Waals surface area contributed by atoms with Gasteiger partial charge in [0.2, 0.25) is 10.0 Å². The molecular formula is C10H11Cl3FNO2S. The van der Waals surface area contributed by atoms with E-state index in [1.807, 2.05) is 0 Å². The van der Waals surface area contributed by atoms with Crippen LogP contribution >= 0.6 is 34.8 Å². The summed E-state index contributed by atoms with van der Waals surface area (Å²) in [7, 11) is -3.86. The molecule has 0 saturated heterocycles. The van der Waals surface area contributed by atoms with Crippen molar-refractivity contribution in [3.63, 3.8) is 0 Å². The third kappa shape index (κ3) is 3.08. The van der Waals surface area contributed by atoms with Gasteiger partial charge in [0.15, 0.2) is 5.82 Å². The molecule has 0 heterocycles. The van der Waals surface area contributed by atoms with E-state index in [-0.39, 0.29) is 28.9 Å². The van der Waals surface area contributed by atoms with Crippen molar-refractivity contribution in [2.75, 3.05) is 19.0 Å². The van der Waals surface area contributed by atoms with Crippen LogP contribution in [-0.4, -0.2) is 31.7 Å². The Morgan fingerprint density at radius 3 is 2.44 bits per heavy atom. The van der Waals surface area contributed by atoms with E-state index in [2.05, 4.69) is 0 Å². The number of nitrogens with zero attached hydrogens (tertiary/aromatic N) is 1. The van der Waals surface area contributed by atoms with Crippen molar-refractivity contribution in [2.24, 2.45) is 0 Å². The average Bonchev–Trinajstić information content (AvgIpc) is 2.32. The second-order valence-corrected chi connectivity index (χ2v) is 6.43. The van der Waals surface area contributed by atoms with Gasteiger partial charge in [0, 0.05) is 19.0 Å². The molecule has 0 fully saturated rings. The summed E-state index contributed by atoms with van der Waals surface area (Å²) < 4.78 is 39.0. The van der Waals surface area contributed by atoms with Crippen molar-refractivity contribution in [1.82, 2.24) is 4.31 Å². The molecule has 18 heavy (non-hydrogen) atoms. The number of sulfonamides is 1. The molecule has 0 atom stereocenters. The van der Waals surface area contributed by atoms with Gasteiger partial charge in [0.05, 0.1) is 10.0 Å². The maximum atomic E-state index is 13.5. The Morgan fingerprint density at radius 2 is 1.94 bits per heavy atom. The molecular weight excluding hydrogens is 324 g/mol. The monoisotopic (exact) mass is 333 g/mol. The predicted octanol–water partition coefficient (Wildman–Crippen LogP) is 3.38. The normalized spacial score (nSPS) is 12.1. The van der Waals surface area contributed by atoms with E-state index in [0.29, 0.717) is 0 Å². The summed E-state index contributed by atoms with van der Waals surface area (Å²) >= 11 is 16.7. The van der Waals surface area contributed by atoms with E-state index in [0.717, 1.165) is 10.4 Å². The first kappa shape index (κ1) is 16.0. The lowest BCUT2D eigenvalue weighted by molar-refractivity contribution is 0.446. The van der Waals surface area contributed by atoms with Crippen LogP contribution in [0, 0.1) is 5.82 Å². The van der Waals surface area contributed by atoms with Crippen LogP contribution in [0.25, 0.3) is 0 Å². The highest BCUT2D eigenvalue weighted by Gasteiger charge is 2.27. The van der Waals surface area contributed by atoms with E-state index in [1.54, 1.807) is 6.92 Å². The number of halogens is 4. The van der Waals surface area contributed by atoms with Gasteiger partial charge in [-0.1, -0.05) is 30.1 Å². The van der Waals surface area contributed by atoms with Crippen LogP contribution in [0.15, 0.2) is 17.0 Å². The maximum absolute atomic E-state index is 13.5. The van der Waals surface area contributed by atoms with Crippen LogP contribution in [0.3, 0.4) is 0 Å². The van der Waals surface area contributed by atoms with Crippen LogP contribution in [0.1, 0.15) is 6.92 Å². The smallest absolute Gasteiger partial charge is 0.207 e. The molecule has 0 saturated carbocycles. The van der Waals surface area contributed by atoms with Crippen LogP contribution in [0.4, 0.5) is 4.39 Å². The first-order chi connectivity index (χ1) is 8.36. The van der Waals surface area contributed by atoms with Gasteiger partial charge < -0.3 is 0 Å². The van der Waals surface area contributed by atoms with Crippen molar-refractivity contribution in [1.29, 1.82) is 0 Å². The fourth-order valence-electron chi connectivity index (χ4n) is 1.39. The summed E-state index contributed by atoms with van der Waals surface area (Å²) in [5, 5.41) is -0.727. The van der Waals surface area contributed by atoms with Crippen molar-refractivity contribution >= 4 is 44.8 Å². The van der Waals surface area contributed by atoms with E-state index in [1.165, 1.54) is 6.07 Å². The molecule has 0 aliphatic heterocycles. The quantitative estimate of drug-likeness (QED) is 0.611. The maximum Gasteiger partial charge on any atom is 0.244 e. The fourth-order valence-corrected chi connectivity index (χ4v) is 3.86. The summed E-state index contributed by atoms with van der Waals surface area (Å²) in [4.78, 5) is -0.307. The Labute approximate surface area is 120 Å². The molecule has 0 aliphatic carbocycles. The molecule has 0 spiro atoms. The summed E-state index contributed by atoms with van der Waals surface area (Å²) in [6, 6.07) is 2.34. The Kier molecular flexibility index (Phi) is 5.67. The second-order valence-electron chi connectivity index (χ2n) is 3.36. The lowest BCUT2D eigenvalue weighted by atomic mass is 10.3. The molecule has 0 aliphatic rings. The van der Waals surface area contributed by atoms with Gasteiger partial charge in [-0.15, -0.1) is 11.6 Å². The molecule has 102 valence electrons. The third-order valence-electron chi connectivity index (χ3n) is 2.30. The van der Waals surface area contributed by atoms with Gasteiger partial charge >= 0.3 is 0 Å². The zero-order chi connectivity index (χ0) is 13.9. The molecule has 3 nitrogen and oxygen atoms in total. The van der Waals surface area contributed by atoms with Crippen LogP contribution in [0.5, 0.6) is 0 Å². The van der Waals surface area contributed by atoms with E-state index in [9.17, 15) is 12.8 Å². The molecule has 1 rings (SSSR count). The Morgan fingerprint density at radius 1 is 1.33 bits per heavy atom. The van der Waals surface area contributed by atoms with Crippen molar-refractivity contribution in [2.45, 2.75) is 11.8 Å². The molecule has 8 heteroatoms. The highest BCUT2D eigenvalue weighted by molar-refractivity contribution is 7.89. The minimum Gasteiger partial charge on any atom is -0.207 e. The lowest BCUT2D eigenvalue weighted by Gasteiger charge is -2.20. The number of rotatable bonds is 5. The predicted molar refractivity (Wildman–Crippen MR) is 71.6 cm³/mol. The Balaban J connectivity index is 3.32. The molecule has 0 radical (unpaired) electrons. The van der Waals surface area contributed by atoms with Gasteiger partial charge in [-0.3, -0.25) is 0 Å². The van der Waals surface area contributed by atoms with Gasteiger partial charge in [0.25, 0.3) is 0 Å². The summed E-state index contributed by atoms with van der Waals surface area (Å²) in [5.74, 6) is -0.804. The summed E-state index contributed by atoms with van der Waals surface area (Å²) in [5.41, 5.74) is 0. The van der Waals surface area contributed by atoms with Crippen LogP contribution < -0.4 is 0 Å². The minimum atomic E-state index is -3.86. The number of alkyl halides is 1. The Bertz CT molecular complexity index is 536. The van der Waals surface area contributed by atoms with Gasteiger partial charge in [0.1, 0.15) is 4.90 Å². The fraction of sp³-hybridized carbons (Fsp3) is 0.400. The Hall–Kier alpha value is -0.0700. The molecule has 0 N–H and O–H groups in total. The van der Waals surface area contributed by atoms with Crippen molar-refractivity contribution in [3.05, 3.63) is 28.0 Å². The molecule has 1 aromatic rings. The van der Waals surface area contributed by atoms with Gasteiger partial charge in [-0.2, -0.15) is 4.31 Å². The molecule has 0 aromatic heterocycles. The third-order valence-corrected chi connectivity index (χ3v) is 5.26. The first-order valence-corrected chi connectivity index (χ1v) is 7.79. The largest absolute Gasteiger partial charge is 0.244 e. The highest BCUT2D eigenvalue weighted by Crippen LogP contribution is 2.31. The average molecular weight is 335 g/mol. The topological polar surface area (TPSA) is 37.4 Å².